The van der Waals surface area contributed by atoms with E-state index < -0.39 is 11.1 Å². The number of carbonyl (C=O) groups excluding carboxylic acids is 1. The average Bonchev–Trinajstić information content (AvgIpc) is 3.47. The molecule has 4 fully saturated rings. The minimum atomic E-state index is -1.13. The summed E-state index contributed by atoms with van der Waals surface area (Å²) in [7, 11) is 0. The van der Waals surface area contributed by atoms with Gasteiger partial charge in [0.15, 0.2) is 5.15 Å². The first-order valence-corrected chi connectivity index (χ1v) is 16.8. The number of ether oxygens (including phenoxy) is 1. The van der Waals surface area contributed by atoms with Crippen LogP contribution in [-0.2, 0) is 14.9 Å². The van der Waals surface area contributed by atoms with Gasteiger partial charge in [0.25, 0.3) is 0 Å². The fourth-order valence-corrected chi connectivity index (χ4v) is 8.75. The van der Waals surface area contributed by atoms with E-state index in [1.54, 1.807) is 6.92 Å². The maximum absolute atomic E-state index is 14.9. The molecule has 234 valence electrons. The van der Waals surface area contributed by atoms with Crippen LogP contribution in [-0.4, -0.2) is 93.4 Å². The van der Waals surface area contributed by atoms with Gasteiger partial charge in [0.1, 0.15) is 11.2 Å². The molecule has 8 nitrogen and oxygen atoms in total. The normalized spacial score (nSPS) is 29.4. The number of pyridine rings is 1. The van der Waals surface area contributed by atoms with Crippen LogP contribution in [0.15, 0.2) is 30.6 Å². The number of alkyl halides is 1. The number of hydrogen-bond acceptors (Lipinski definition) is 6. The molecule has 4 aliphatic heterocycles. The zero-order chi connectivity index (χ0) is 30.4. The molecule has 5 aliphatic rings. The fraction of sp³-hybridized carbons (Fsp3) is 0.618. The third kappa shape index (κ3) is 4.52. The zero-order valence-corrected chi connectivity index (χ0v) is 26.7. The molecule has 1 spiro atoms. The molecule has 0 N–H and O–H groups in total. The van der Waals surface area contributed by atoms with Gasteiger partial charge >= 0.3 is 0 Å². The number of anilines is 1. The van der Waals surface area contributed by atoms with Crippen molar-refractivity contribution < 1.29 is 13.9 Å². The number of halogens is 2. The predicted molar refractivity (Wildman–Crippen MR) is 170 cm³/mol. The SMILES string of the molecule is CC(C)n1cnc2cc(-c3ccc4c(c3)N(C3CC(N5CCC[C@](C)(F)C5)C3)C(=O)C43CCN(C4COC4)CC3)nc(Cl)c21. The molecular formula is C34H42ClFN6O2. The molecular weight excluding hydrogens is 579 g/mol. The zero-order valence-electron chi connectivity index (χ0n) is 25.9. The van der Waals surface area contributed by atoms with Crippen molar-refractivity contribution >= 4 is 34.2 Å². The summed E-state index contributed by atoms with van der Waals surface area (Å²) in [4.78, 5) is 31.0. The summed E-state index contributed by atoms with van der Waals surface area (Å²) < 4.78 is 22.4. The van der Waals surface area contributed by atoms with E-state index in [-0.39, 0.29) is 18.0 Å². The van der Waals surface area contributed by atoms with Crippen molar-refractivity contribution in [2.45, 2.75) is 94.5 Å². The highest BCUT2D eigenvalue weighted by Crippen LogP contribution is 2.52. The van der Waals surface area contributed by atoms with Crippen LogP contribution in [0.3, 0.4) is 0 Å². The smallest absolute Gasteiger partial charge is 0.238 e. The van der Waals surface area contributed by atoms with Crippen LogP contribution >= 0.6 is 11.6 Å². The van der Waals surface area contributed by atoms with Crippen molar-refractivity contribution in [1.29, 1.82) is 0 Å². The van der Waals surface area contributed by atoms with Crippen LogP contribution in [0.2, 0.25) is 5.15 Å². The van der Waals surface area contributed by atoms with E-state index in [0.717, 1.165) is 98.5 Å². The molecule has 0 radical (unpaired) electrons. The third-order valence-electron chi connectivity index (χ3n) is 11.2. The molecule has 0 bridgehead atoms. The minimum Gasteiger partial charge on any atom is -0.378 e. The van der Waals surface area contributed by atoms with Crippen molar-refractivity contribution in [1.82, 2.24) is 24.3 Å². The number of aromatic nitrogens is 3. The van der Waals surface area contributed by atoms with Gasteiger partial charge in [-0.3, -0.25) is 14.6 Å². The van der Waals surface area contributed by atoms with Gasteiger partial charge in [-0.2, -0.15) is 0 Å². The molecule has 44 heavy (non-hydrogen) atoms. The molecule has 3 aromatic rings. The van der Waals surface area contributed by atoms with Gasteiger partial charge in [0.2, 0.25) is 5.91 Å². The molecule has 2 aromatic heterocycles. The van der Waals surface area contributed by atoms with E-state index >= 15 is 0 Å². The number of likely N-dealkylation sites (tertiary alicyclic amines) is 2. The summed E-state index contributed by atoms with van der Waals surface area (Å²) in [5, 5.41) is 0.434. The van der Waals surface area contributed by atoms with E-state index in [1.807, 2.05) is 17.0 Å². The van der Waals surface area contributed by atoms with Crippen LogP contribution in [0, 0.1) is 0 Å². The Labute approximate surface area is 263 Å². The summed E-state index contributed by atoms with van der Waals surface area (Å²) in [6.07, 6.45) is 6.75. The average molecular weight is 621 g/mol. The summed E-state index contributed by atoms with van der Waals surface area (Å²) in [5.74, 6) is 0.240. The lowest BCUT2D eigenvalue weighted by atomic mass is 9.73. The Morgan fingerprint density at radius 3 is 2.48 bits per heavy atom. The Morgan fingerprint density at radius 1 is 1.02 bits per heavy atom. The Balaban J connectivity index is 1.13. The highest BCUT2D eigenvalue weighted by atomic mass is 35.5. The van der Waals surface area contributed by atoms with Gasteiger partial charge in [-0.05, 0) is 96.6 Å². The molecule has 1 saturated carbocycles. The number of fused-ring (bicyclic) bond motifs is 3. The molecule has 1 aliphatic carbocycles. The minimum absolute atomic E-state index is 0.118. The van der Waals surface area contributed by atoms with Crippen molar-refractivity contribution in [2.75, 3.05) is 44.3 Å². The van der Waals surface area contributed by atoms with Crippen molar-refractivity contribution in [2.24, 2.45) is 0 Å². The highest BCUT2D eigenvalue weighted by molar-refractivity contribution is 6.34. The Hall–Kier alpha value is -2.59. The Bertz CT molecular complexity index is 1600. The predicted octanol–water partition coefficient (Wildman–Crippen LogP) is 5.77. The maximum atomic E-state index is 14.9. The van der Waals surface area contributed by atoms with Crippen LogP contribution in [0.1, 0.15) is 70.9 Å². The largest absolute Gasteiger partial charge is 0.378 e. The van der Waals surface area contributed by atoms with E-state index in [1.165, 1.54) is 0 Å². The number of nitrogens with zero attached hydrogens (tertiary/aromatic N) is 6. The number of hydrogen-bond donors (Lipinski definition) is 0. The van der Waals surface area contributed by atoms with Gasteiger partial charge < -0.3 is 14.2 Å². The first kappa shape index (κ1) is 28.9. The van der Waals surface area contributed by atoms with Gasteiger partial charge in [0.05, 0.1) is 42.2 Å². The van der Waals surface area contributed by atoms with E-state index in [2.05, 4.69) is 51.7 Å². The first-order chi connectivity index (χ1) is 21.1. The number of imidazole rings is 1. The molecule has 10 heteroatoms. The fourth-order valence-electron chi connectivity index (χ4n) is 8.47. The maximum Gasteiger partial charge on any atom is 0.238 e. The molecule has 8 rings (SSSR count). The van der Waals surface area contributed by atoms with Crippen LogP contribution in [0.4, 0.5) is 10.1 Å². The van der Waals surface area contributed by atoms with Crippen LogP contribution in [0.25, 0.3) is 22.3 Å². The van der Waals surface area contributed by atoms with E-state index in [0.29, 0.717) is 30.2 Å². The summed E-state index contributed by atoms with van der Waals surface area (Å²) in [6, 6.07) is 9.58. The Morgan fingerprint density at radius 2 is 1.80 bits per heavy atom. The first-order valence-electron chi connectivity index (χ1n) is 16.4. The van der Waals surface area contributed by atoms with Crippen LogP contribution in [0.5, 0.6) is 0 Å². The third-order valence-corrected chi connectivity index (χ3v) is 11.5. The van der Waals surface area contributed by atoms with Crippen LogP contribution < -0.4 is 4.90 Å². The lowest BCUT2D eigenvalue weighted by molar-refractivity contribution is -0.128. The van der Waals surface area contributed by atoms with Gasteiger partial charge in [0, 0.05) is 35.9 Å². The molecule has 1 aromatic carbocycles. The van der Waals surface area contributed by atoms with E-state index in [9.17, 15) is 9.18 Å². The second-order valence-corrected chi connectivity index (χ2v) is 14.8. The quantitative estimate of drug-likeness (QED) is 0.338. The monoisotopic (exact) mass is 620 g/mol. The summed E-state index contributed by atoms with van der Waals surface area (Å²) in [6.45, 7) is 10.8. The molecule has 6 heterocycles. The second kappa shape index (κ2) is 10.5. The second-order valence-electron chi connectivity index (χ2n) is 14.4. The van der Waals surface area contributed by atoms with Gasteiger partial charge in [-0.1, -0.05) is 23.7 Å². The number of benzene rings is 1. The summed E-state index contributed by atoms with van der Waals surface area (Å²) in [5.41, 5.74) is 3.87. The standard InChI is InChI=1S/C34H42ClFN6O2/c1-21(2)41-20-37-28-16-27(38-31(35)30(28)41)22-5-6-26-29(13-22)42(24-14-23(15-24)40-10-4-7-33(3,36)19-40)32(43)34(26)8-11-39(12-9-34)25-17-44-18-25/h5-6,13,16,20-21,23-25H,4,7-12,14-15,17-19H2,1-3H3/t23?,24?,33-/m0/s1. The number of piperidine rings is 2. The van der Waals surface area contributed by atoms with E-state index in [4.69, 9.17) is 21.3 Å². The molecule has 1 amide bonds. The van der Waals surface area contributed by atoms with Crippen molar-refractivity contribution in [3.05, 3.63) is 41.3 Å². The topological polar surface area (TPSA) is 66.7 Å². The lowest BCUT2D eigenvalue weighted by Crippen LogP contribution is -2.60. The Kier molecular flexibility index (Phi) is 6.87. The number of amides is 1. The molecule has 1 atom stereocenters. The van der Waals surface area contributed by atoms with Gasteiger partial charge in [-0.15, -0.1) is 0 Å². The molecule has 3 saturated heterocycles. The lowest BCUT2D eigenvalue weighted by Gasteiger charge is -2.50. The summed E-state index contributed by atoms with van der Waals surface area (Å²) >= 11 is 6.75. The van der Waals surface area contributed by atoms with Crippen molar-refractivity contribution in [3.63, 3.8) is 0 Å². The number of rotatable bonds is 5. The highest BCUT2D eigenvalue weighted by Gasteiger charge is 2.56. The van der Waals surface area contributed by atoms with Crippen molar-refractivity contribution in [3.8, 4) is 11.3 Å². The number of carbonyl (C=O) groups is 1. The van der Waals surface area contributed by atoms with Gasteiger partial charge in [-0.25, -0.2) is 14.4 Å². The molecule has 0 unspecified atom stereocenters.